The summed E-state index contributed by atoms with van der Waals surface area (Å²) in [6.07, 6.45) is 0.202. The van der Waals surface area contributed by atoms with E-state index >= 15 is 0 Å². The molecule has 5 heteroatoms. The maximum Gasteiger partial charge on any atom is 0.260 e. The van der Waals surface area contributed by atoms with Gasteiger partial charge in [0, 0.05) is 6.04 Å². The third-order valence-electron chi connectivity index (χ3n) is 3.14. The van der Waals surface area contributed by atoms with Crippen LogP contribution in [0, 0.1) is 11.3 Å². The molecule has 1 atom stereocenters. The Kier molecular flexibility index (Phi) is 4.03. The van der Waals surface area contributed by atoms with Crippen molar-refractivity contribution in [3.63, 3.8) is 0 Å². The lowest BCUT2D eigenvalue weighted by atomic mass is 9.89. The van der Waals surface area contributed by atoms with Gasteiger partial charge in [0.2, 0.25) is 0 Å². The third kappa shape index (κ3) is 3.24. The van der Waals surface area contributed by atoms with Crippen molar-refractivity contribution in [1.82, 2.24) is 5.32 Å². The number of aliphatic hydroxyl groups excluding tert-OH is 1. The molecule has 0 saturated heterocycles. The van der Waals surface area contributed by atoms with Crippen LogP contribution in [0.5, 0.6) is 5.75 Å². The quantitative estimate of drug-likeness (QED) is 0.845. The van der Waals surface area contributed by atoms with Crippen molar-refractivity contribution in [2.45, 2.75) is 38.0 Å². The number of hydrogen-bond donors (Lipinski definition) is 2. The number of amides is 1. The van der Waals surface area contributed by atoms with E-state index in [1.165, 1.54) is 0 Å². The lowest BCUT2D eigenvalue weighted by molar-refractivity contribution is -0.129. The first-order valence-electron chi connectivity index (χ1n) is 6.24. The Bertz CT molecular complexity index is 504. The summed E-state index contributed by atoms with van der Waals surface area (Å²) in [6, 6.07) is 8.84. The second kappa shape index (κ2) is 5.72. The van der Waals surface area contributed by atoms with Crippen molar-refractivity contribution in [3.8, 4) is 11.8 Å². The van der Waals surface area contributed by atoms with Gasteiger partial charge in [-0.25, -0.2) is 0 Å². The average molecular weight is 260 g/mol. The van der Waals surface area contributed by atoms with Crippen LogP contribution in [0.15, 0.2) is 24.3 Å². The van der Waals surface area contributed by atoms with Crippen LogP contribution in [0.3, 0.4) is 0 Å². The maximum absolute atomic E-state index is 11.9. The van der Waals surface area contributed by atoms with Crippen molar-refractivity contribution in [3.05, 3.63) is 29.8 Å². The summed E-state index contributed by atoms with van der Waals surface area (Å²) in [5.74, 6) is 0.172. The smallest absolute Gasteiger partial charge is 0.260 e. The fourth-order valence-corrected chi connectivity index (χ4v) is 1.93. The van der Waals surface area contributed by atoms with Crippen LogP contribution in [0.1, 0.15) is 25.3 Å². The summed E-state index contributed by atoms with van der Waals surface area (Å²) in [5.41, 5.74) is 0.404. The summed E-state index contributed by atoms with van der Waals surface area (Å²) >= 11 is 0. The van der Waals surface area contributed by atoms with Gasteiger partial charge in [-0.2, -0.15) is 5.26 Å². The van der Waals surface area contributed by atoms with E-state index in [4.69, 9.17) is 15.1 Å². The predicted octanol–water partition coefficient (Wildman–Crippen LogP) is 0.965. The zero-order chi connectivity index (χ0) is 13.8. The molecule has 0 aliphatic heterocycles. The van der Waals surface area contributed by atoms with E-state index in [9.17, 15) is 4.79 Å². The average Bonchev–Trinajstić information content (AvgIpc) is 2.37. The molecule has 0 heterocycles. The molecule has 1 unspecified atom stereocenters. The first-order valence-corrected chi connectivity index (χ1v) is 6.24. The molecule has 0 bridgehead atoms. The molecule has 2 N–H and O–H groups in total. The lowest BCUT2D eigenvalue weighted by Crippen LogP contribution is -2.50. The second-order valence-electron chi connectivity index (χ2n) is 4.70. The number of nitrogens with zero attached hydrogens (tertiary/aromatic N) is 1. The number of nitriles is 1. The summed E-state index contributed by atoms with van der Waals surface area (Å²) in [5, 5.41) is 20.9. The van der Waals surface area contributed by atoms with E-state index in [2.05, 4.69) is 5.32 Å². The fourth-order valence-electron chi connectivity index (χ4n) is 1.93. The molecule has 5 nitrogen and oxygen atoms in total. The standard InChI is InChI=1S/C14H16N2O3/c1-9(14(18)16-11-6-12(17)7-11)19-13-5-3-2-4-10(13)8-15/h2-5,9,11-12,17H,6-7H2,1H3,(H,16,18). The number of benzene rings is 1. The van der Waals surface area contributed by atoms with Crippen LogP contribution in [-0.4, -0.2) is 29.3 Å². The van der Waals surface area contributed by atoms with Gasteiger partial charge in [-0.05, 0) is 31.9 Å². The summed E-state index contributed by atoms with van der Waals surface area (Å²) in [6.45, 7) is 1.64. The minimum atomic E-state index is -0.674. The highest BCUT2D eigenvalue weighted by atomic mass is 16.5. The highest BCUT2D eigenvalue weighted by Crippen LogP contribution is 2.21. The number of rotatable bonds is 4. The summed E-state index contributed by atoms with van der Waals surface area (Å²) in [4.78, 5) is 11.9. The number of para-hydroxylation sites is 1. The molecule has 0 spiro atoms. The van der Waals surface area contributed by atoms with Crippen LogP contribution in [0.4, 0.5) is 0 Å². The van der Waals surface area contributed by atoms with Crippen LogP contribution in [-0.2, 0) is 4.79 Å². The molecule has 1 fully saturated rings. The van der Waals surface area contributed by atoms with E-state index in [1.54, 1.807) is 31.2 Å². The zero-order valence-corrected chi connectivity index (χ0v) is 10.7. The maximum atomic E-state index is 11.9. The molecule has 19 heavy (non-hydrogen) atoms. The van der Waals surface area contributed by atoms with Crippen molar-refractivity contribution in [2.24, 2.45) is 0 Å². The molecule has 1 aliphatic carbocycles. The number of carbonyl (C=O) groups is 1. The molecule has 1 saturated carbocycles. The SMILES string of the molecule is CC(Oc1ccccc1C#N)C(=O)NC1CC(O)C1. The largest absolute Gasteiger partial charge is 0.480 e. The minimum absolute atomic E-state index is 0.0276. The van der Waals surface area contributed by atoms with E-state index in [0.717, 1.165) is 0 Å². The molecule has 0 aromatic heterocycles. The Hall–Kier alpha value is -2.06. The van der Waals surface area contributed by atoms with Gasteiger partial charge >= 0.3 is 0 Å². The van der Waals surface area contributed by atoms with Crippen molar-refractivity contribution >= 4 is 5.91 Å². The van der Waals surface area contributed by atoms with Crippen LogP contribution < -0.4 is 10.1 Å². The van der Waals surface area contributed by atoms with Gasteiger partial charge in [-0.3, -0.25) is 4.79 Å². The molecule has 1 aliphatic rings. The highest BCUT2D eigenvalue weighted by Gasteiger charge is 2.30. The molecule has 1 aromatic carbocycles. The van der Waals surface area contributed by atoms with Crippen molar-refractivity contribution < 1.29 is 14.6 Å². The molecule has 0 radical (unpaired) electrons. The minimum Gasteiger partial charge on any atom is -0.480 e. The van der Waals surface area contributed by atoms with Gasteiger partial charge in [0.15, 0.2) is 6.10 Å². The van der Waals surface area contributed by atoms with E-state index in [0.29, 0.717) is 24.2 Å². The van der Waals surface area contributed by atoms with E-state index < -0.39 is 6.10 Å². The van der Waals surface area contributed by atoms with Gasteiger partial charge in [-0.15, -0.1) is 0 Å². The normalized spacial score (nSPS) is 22.8. The second-order valence-corrected chi connectivity index (χ2v) is 4.70. The van der Waals surface area contributed by atoms with Gasteiger partial charge in [0.25, 0.3) is 5.91 Å². The highest BCUT2D eigenvalue weighted by molar-refractivity contribution is 5.81. The fraction of sp³-hybridized carbons (Fsp3) is 0.429. The summed E-state index contributed by atoms with van der Waals surface area (Å²) < 4.78 is 5.50. The Balaban J connectivity index is 1.91. The monoisotopic (exact) mass is 260 g/mol. The Morgan fingerprint density at radius 1 is 1.53 bits per heavy atom. The van der Waals surface area contributed by atoms with Crippen molar-refractivity contribution in [1.29, 1.82) is 5.26 Å². The first-order chi connectivity index (χ1) is 9.10. The van der Waals surface area contributed by atoms with Crippen LogP contribution in [0.2, 0.25) is 0 Å². The molecule has 1 aromatic rings. The van der Waals surface area contributed by atoms with Crippen LogP contribution in [0.25, 0.3) is 0 Å². The van der Waals surface area contributed by atoms with Gasteiger partial charge in [0.05, 0.1) is 11.7 Å². The van der Waals surface area contributed by atoms with E-state index in [-0.39, 0.29) is 18.1 Å². The predicted molar refractivity (Wildman–Crippen MR) is 68.4 cm³/mol. The Labute approximate surface area is 111 Å². The lowest BCUT2D eigenvalue weighted by Gasteiger charge is -2.32. The number of ether oxygens (including phenoxy) is 1. The third-order valence-corrected chi connectivity index (χ3v) is 3.14. The van der Waals surface area contributed by atoms with Crippen molar-refractivity contribution in [2.75, 3.05) is 0 Å². The zero-order valence-electron chi connectivity index (χ0n) is 10.7. The number of carbonyl (C=O) groups excluding carboxylic acids is 1. The molecular formula is C14H16N2O3. The van der Waals surface area contributed by atoms with E-state index in [1.807, 2.05) is 6.07 Å². The van der Waals surface area contributed by atoms with Crippen LogP contribution >= 0.6 is 0 Å². The molecular weight excluding hydrogens is 244 g/mol. The Morgan fingerprint density at radius 3 is 2.84 bits per heavy atom. The number of hydrogen-bond acceptors (Lipinski definition) is 4. The molecule has 100 valence electrons. The first kappa shape index (κ1) is 13.4. The summed E-state index contributed by atoms with van der Waals surface area (Å²) in [7, 11) is 0. The van der Waals surface area contributed by atoms with Gasteiger partial charge in [0.1, 0.15) is 11.8 Å². The van der Waals surface area contributed by atoms with Gasteiger partial charge < -0.3 is 15.2 Å². The Morgan fingerprint density at radius 2 is 2.21 bits per heavy atom. The molecule has 2 rings (SSSR count). The number of aliphatic hydroxyl groups is 1. The topological polar surface area (TPSA) is 82.3 Å². The number of nitrogens with one attached hydrogen (secondary N) is 1. The van der Waals surface area contributed by atoms with Gasteiger partial charge in [-0.1, -0.05) is 12.1 Å². The molecule has 1 amide bonds.